The quantitative estimate of drug-likeness (QED) is 0.504. The van der Waals surface area contributed by atoms with Crippen LogP contribution in [0, 0.1) is 18.8 Å². The number of aliphatic hydroxyl groups is 1. The molecule has 0 aliphatic heterocycles. The first-order valence-corrected chi connectivity index (χ1v) is 6.23. The van der Waals surface area contributed by atoms with Gasteiger partial charge in [0.25, 0.3) is 0 Å². The average molecular weight is 290 g/mol. The molecule has 0 bridgehead atoms. The first-order chi connectivity index (χ1) is 9.73. The molecule has 1 aromatic rings. The highest BCUT2D eigenvalue weighted by Gasteiger charge is 2.13. The lowest BCUT2D eigenvalue weighted by atomic mass is 10.1. The Balaban J connectivity index is 3.10. The van der Waals surface area contributed by atoms with Gasteiger partial charge in [-0.1, -0.05) is 17.9 Å². The van der Waals surface area contributed by atoms with Gasteiger partial charge in [-0.25, -0.2) is 4.79 Å². The Morgan fingerprint density at radius 2 is 2.05 bits per heavy atom. The minimum atomic E-state index is -1.23. The van der Waals surface area contributed by atoms with Gasteiger partial charge >= 0.3 is 5.97 Å². The van der Waals surface area contributed by atoms with E-state index in [2.05, 4.69) is 16.6 Å². The van der Waals surface area contributed by atoms with Gasteiger partial charge in [0.05, 0.1) is 7.11 Å². The molecule has 0 aliphatic carbocycles. The lowest BCUT2D eigenvalue weighted by Gasteiger charge is -2.10. The molecule has 1 aromatic carbocycles. The summed E-state index contributed by atoms with van der Waals surface area (Å²) in [6, 6.07) is 5.14. The highest BCUT2D eigenvalue weighted by molar-refractivity contribution is 5.84. The zero-order valence-corrected chi connectivity index (χ0v) is 12.4. The maximum absolute atomic E-state index is 11.0. The second-order valence-corrected chi connectivity index (χ2v) is 4.91. The van der Waals surface area contributed by atoms with E-state index in [0.717, 1.165) is 11.8 Å². The van der Waals surface area contributed by atoms with Crippen molar-refractivity contribution in [2.45, 2.75) is 26.4 Å². The summed E-state index contributed by atoms with van der Waals surface area (Å²) >= 11 is 0. The summed E-state index contributed by atoms with van der Waals surface area (Å²) in [6.45, 7) is 4.94. The van der Waals surface area contributed by atoms with Gasteiger partial charge < -0.3 is 19.7 Å². The molecule has 0 atom stereocenters. The summed E-state index contributed by atoms with van der Waals surface area (Å²) in [5.74, 6) is 4.30. The minimum Gasteiger partial charge on any atom is -0.500 e. The molecule has 0 aliphatic rings. The Morgan fingerprint density at radius 3 is 2.57 bits per heavy atom. The van der Waals surface area contributed by atoms with Gasteiger partial charge in [0.2, 0.25) is 5.76 Å². The highest BCUT2D eigenvalue weighted by atomic mass is 16.5. The number of ether oxygens (including phenoxy) is 2. The highest BCUT2D eigenvalue weighted by Crippen LogP contribution is 2.22. The molecule has 1 rings (SSSR count). The molecular weight excluding hydrogens is 272 g/mol. The number of carbonyl (C=O) groups is 1. The summed E-state index contributed by atoms with van der Waals surface area (Å²) in [5, 5.41) is 18.6. The topological polar surface area (TPSA) is 76.0 Å². The molecule has 112 valence electrons. The smallest absolute Gasteiger partial charge is 0.375 e. The van der Waals surface area contributed by atoms with E-state index in [1.165, 1.54) is 7.11 Å². The standard InChI is InChI=1S/C16H18O5/c1-11-5-6-12(7-8-16(2,3)19)9-13(11)21-14(10-20-4)15(17)18/h5-6,9-10,19H,1-4H3,(H,17,18). The number of methoxy groups -OCH3 is 1. The number of aliphatic carboxylic acids is 1. The molecule has 21 heavy (non-hydrogen) atoms. The van der Waals surface area contributed by atoms with Crippen LogP contribution in [0.2, 0.25) is 0 Å². The molecule has 0 heterocycles. The van der Waals surface area contributed by atoms with Crippen LogP contribution in [0.5, 0.6) is 5.75 Å². The SMILES string of the molecule is COC=C(Oc1cc(C#CC(C)(C)O)ccc1C)C(=O)O. The lowest BCUT2D eigenvalue weighted by molar-refractivity contribution is -0.135. The number of aryl methyl sites for hydroxylation is 1. The molecule has 0 radical (unpaired) electrons. The van der Waals surface area contributed by atoms with Crippen molar-refractivity contribution < 1.29 is 24.5 Å². The number of benzene rings is 1. The predicted octanol–water partition coefficient (Wildman–Crippen LogP) is 2.07. The van der Waals surface area contributed by atoms with Gasteiger partial charge in [-0.15, -0.1) is 0 Å². The number of hydrogen-bond donors (Lipinski definition) is 2. The molecule has 5 nitrogen and oxygen atoms in total. The Bertz CT molecular complexity index is 612. The van der Waals surface area contributed by atoms with E-state index in [4.69, 9.17) is 9.84 Å². The van der Waals surface area contributed by atoms with Gasteiger partial charge in [-0.3, -0.25) is 0 Å². The van der Waals surface area contributed by atoms with Crippen LogP contribution in [0.25, 0.3) is 0 Å². The molecule has 5 heteroatoms. The molecule has 0 fully saturated rings. The van der Waals surface area contributed by atoms with Crippen LogP contribution < -0.4 is 4.74 Å². The Labute approximate surface area is 123 Å². The molecule has 0 unspecified atom stereocenters. The van der Waals surface area contributed by atoms with E-state index in [1.54, 1.807) is 39.0 Å². The monoisotopic (exact) mass is 290 g/mol. The minimum absolute atomic E-state index is 0.326. The van der Waals surface area contributed by atoms with Crippen LogP contribution in [0.1, 0.15) is 25.0 Å². The largest absolute Gasteiger partial charge is 0.500 e. The first-order valence-electron chi connectivity index (χ1n) is 6.23. The van der Waals surface area contributed by atoms with Crippen LogP contribution in [-0.2, 0) is 9.53 Å². The third kappa shape index (κ3) is 5.59. The van der Waals surface area contributed by atoms with Crippen molar-refractivity contribution >= 4 is 5.97 Å². The third-order valence-electron chi connectivity index (χ3n) is 2.36. The van der Waals surface area contributed by atoms with Crippen LogP contribution in [0.15, 0.2) is 30.2 Å². The van der Waals surface area contributed by atoms with Crippen LogP contribution in [0.3, 0.4) is 0 Å². The third-order valence-corrected chi connectivity index (χ3v) is 2.36. The van der Waals surface area contributed by atoms with Crippen molar-refractivity contribution in [3.8, 4) is 17.6 Å². The van der Waals surface area contributed by atoms with Crippen molar-refractivity contribution in [1.29, 1.82) is 0 Å². The van der Waals surface area contributed by atoms with Crippen LogP contribution >= 0.6 is 0 Å². The normalized spacial score (nSPS) is 11.4. The first kappa shape index (κ1) is 16.6. The molecule has 0 spiro atoms. The predicted molar refractivity (Wildman–Crippen MR) is 77.7 cm³/mol. The number of hydrogen-bond acceptors (Lipinski definition) is 4. The van der Waals surface area contributed by atoms with Crippen LogP contribution in [0.4, 0.5) is 0 Å². The van der Waals surface area contributed by atoms with E-state index < -0.39 is 11.6 Å². The molecular formula is C16H18O5. The zero-order valence-electron chi connectivity index (χ0n) is 12.4. The van der Waals surface area contributed by atoms with E-state index >= 15 is 0 Å². The lowest BCUT2D eigenvalue weighted by Crippen LogP contribution is -2.14. The number of rotatable bonds is 4. The van der Waals surface area contributed by atoms with Crippen molar-refractivity contribution in [3.05, 3.63) is 41.3 Å². The second-order valence-electron chi connectivity index (χ2n) is 4.91. The molecule has 0 amide bonds. The number of carboxylic acids is 1. The summed E-state index contributed by atoms with van der Waals surface area (Å²) in [4.78, 5) is 11.0. The van der Waals surface area contributed by atoms with Gasteiger partial charge in [0.1, 0.15) is 17.6 Å². The average Bonchev–Trinajstić information content (AvgIpc) is 2.37. The van der Waals surface area contributed by atoms with E-state index in [9.17, 15) is 9.90 Å². The van der Waals surface area contributed by atoms with Gasteiger partial charge in [-0.05, 0) is 38.5 Å². The fourth-order valence-corrected chi connectivity index (χ4v) is 1.36. The molecule has 2 N–H and O–H groups in total. The van der Waals surface area contributed by atoms with Gasteiger partial charge in [0, 0.05) is 5.56 Å². The summed E-state index contributed by atoms with van der Waals surface area (Å²) in [7, 11) is 1.34. The maximum atomic E-state index is 11.0. The van der Waals surface area contributed by atoms with Crippen molar-refractivity contribution in [1.82, 2.24) is 0 Å². The van der Waals surface area contributed by atoms with Crippen molar-refractivity contribution in [2.24, 2.45) is 0 Å². The van der Waals surface area contributed by atoms with E-state index in [-0.39, 0.29) is 5.76 Å². The van der Waals surface area contributed by atoms with E-state index in [1.807, 2.05) is 0 Å². The Morgan fingerprint density at radius 1 is 1.38 bits per heavy atom. The van der Waals surface area contributed by atoms with Crippen LogP contribution in [-0.4, -0.2) is 28.9 Å². The summed E-state index contributed by atoms with van der Waals surface area (Å²) in [5.41, 5.74) is 0.264. The fourth-order valence-electron chi connectivity index (χ4n) is 1.36. The summed E-state index contributed by atoms with van der Waals surface area (Å²) in [6.07, 6.45) is 1.01. The zero-order chi connectivity index (χ0) is 16.0. The maximum Gasteiger partial charge on any atom is 0.375 e. The van der Waals surface area contributed by atoms with Gasteiger partial charge in [-0.2, -0.15) is 0 Å². The second kappa shape index (κ2) is 6.82. The van der Waals surface area contributed by atoms with E-state index in [0.29, 0.717) is 11.3 Å². The van der Waals surface area contributed by atoms with Crippen molar-refractivity contribution in [2.75, 3.05) is 7.11 Å². The van der Waals surface area contributed by atoms with Gasteiger partial charge in [0.15, 0.2) is 0 Å². The molecule has 0 saturated heterocycles. The fraction of sp³-hybridized carbons (Fsp3) is 0.312. The molecule has 0 saturated carbocycles. The number of carboxylic acid groups (broad SMARTS) is 1. The Kier molecular flexibility index (Phi) is 5.39. The molecule has 0 aromatic heterocycles. The Hall–Kier alpha value is -2.45. The van der Waals surface area contributed by atoms with Crippen molar-refractivity contribution in [3.63, 3.8) is 0 Å². The summed E-state index contributed by atoms with van der Waals surface area (Å²) < 4.78 is 10.00.